The topological polar surface area (TPSA) is 106 Å². The molecule has 10 nitrogen and oxygen atoms in total. The van der Waals surface area contributed by atoms with Crippen LogP contribution >= 0.6 is 0 Å². The lowest BCUT2D eigenvalue weighted by molar-refractivity contribution is 0.0390. The Kier molecular flexibility index (Phi) is 5.27. The summed E-state index contributed by atoms with van der Waals surface area (Å²) in [5.41, 5.74) is 5.07. The first kappa shape index (κ1) is 21.1. The number of fused-ring (bicyclic) bond motifs is 1. The van der Waals surface area contributed by atoms with Crippen LogP contribution in [0.25, 0.3) is 28.5 Å². The number of aryl methyl sites for hydroxylation is 1. The molecule has 0 spiro atoms. The number of benzene rings is 1. The Hall–Kier alpha value is -4.44. The zero-order chi connectivity index (χ0) is 23.8. The highest BCUT2D eigenvalue weighted by molar-refractivity contribution is 5.59. The van der Waals surface area contributed by atoms with Crippen LogP contribution in [0.3, 0.4) is 0 Å². The lowest BCUT2D eigenvalue weighted by Gasteiger charge is -2.23. The van der Waals surface area contributed by atoms with Gasteiger partial charge in [-0.15, -0.1) is 5.10 Å². The third-order valence-corrected chi connectivity index (χ3v) is 5.82. The van der Waals surface area contributed by atoms with E-state index < -0.39 is 0 Å². The molecule has 0 fully saturated rings. The molecular formula is C25H22N8O2. The van der Waals surface area contributed by atoms with E-state index in [0.717, 1.165) is 34.0 Å². The summed E-state index contributed by atoms with van der Waals surface area (Å²) < 4.78 is 15.5. The maximum Gasteiger partial charge on any atom is 0.238 e. The lowest BCUT2D eigenvalue weighted by atomic mass is 10.0. The van der Waals surface area contributed by atoms with Crippen LogP contribution < -0.4 is 4.74 Å². The first-order valence-corrected chi connectivity index (χ1v) is 11.2. The van der Waals surface area contributed by atoms with Crippen LogP contribution in [0.15, 0.2) is 67.5 Å². The number of hydrogen-bond acceptors (Lipinski definition) is 8. The molecule has 4 aromatic heterocycles. The van der Waals surface area contributed by atoms with Crippen molar-refractivity contribution in [1.29, 1.82) is 0 Å². The predicted octanol–water partition coefficient (Wildman–Crippen LogP) is 3.42. The summed E-state index contributed by atoms with van der Waals surface area (Å²) >= 11 is 0. The van der Waals surface area contributed by atoms with E-state index in [9.17, 15) is 0 Å². The third-order valence-electron chi connectivity index (χ3n) is 5.82. The fourth-order valence-corrected chi connectivity index (χ4v) is 4.16. The summed E-state index contributed by atoms with van der Waals surface area (Å²) in [6.07, 6.45) is 8.39. The highest BCUT2D eigenvalue weighted by Gasteiger charge is 2.28. The molecule has 1 aromatic carbocycles. The van der Waals surface area contributed by atoms with Crippen molar-refractivity contribution in [2.24, 2.45) is 0 Å². The zero-order valence-electron chi connectivity index (χ0n) is 19.2. The summed E-state index contributed by atoms with van der Waals surface area (Å²) in [6.45, 7) is 3.09. The van der Waals surface area contributed by atoms with Crippen LogP contribution in [-0.2, 0) is 11.3 Å². The van der Waals surface area contributed by atoms with E-state index in [-0.39, 0.29) is 6.10 Å². The van der Waals surface area contributed by atoms with Gasteiger partial charge in [-0.1, -0.05) is 18.2 Å². The summed E-state index contributed by atoms with van der Waals surface area (Å²) in [5, 5.41) is 4.73. The van der Waals surface area contributed by atoms with Crippen molar-refractivity contribution in [1.82, 2.24) is 39.3 Å². The molecule has 5 heterocycles. The number of imidazole rings is 1. The number of nitrogens with zero attached hydrogens (tertiary/aromatic N) is 8. The SMILES string of the molecule is COc1nc(-c2nc3n(n2)CCO[C@@H]3c2cccc(-c3cnccn3)c2)ccc1-n1cnc(C)c1. The van der Waals surface area contributed by atoms with Gasteiger partial charge in [-0.2, -0.15) is 0 Å². The van der Waals surface area contributed by atoms with Crippen LogP contribution in [0, 0.1) is 6.92 Å². The van der Waals surface area contributed by atoms with Crippen molar-refractivity contribution in [3.8, 4) is 34.3 Å². The molecule has 0 N–H and O–H groups in total. The fraction of sp³-hybridized carbons (Fsp3) is 0.200. The summed E-state index contributed by atoms with van der Waals surface area (Å²) in [4.78, 5) is 22.4. The summed E-state index contributed by atoms with van der Waals surface area (Å²) in [6, 6.07) is 11.9. The van der Waals surface area contributed by atoms with Gasteiger partial charge >= 0.3 is 0 Å². The van der Waals surface area contributed by atoms with Gasteiger partial charge in [0.1, 0.15) is 17.5 Å². The second-order valence-corrected chi connectivity index (χ2v) is 8.13. The van der Waals surface area contributed by atoms with Gasteiger partial charge in [0, 0.05) is 24.2 Å². The number of aromatic nitrogens is 8. The van der Waals surface area contributed by atoms with E-state index in [0.29, 0.717) is 30.5 Å². The maximum absolute atomic E-state index is 6.14. The second kappa shape index (κ2) is 8.73. The Morgan fingerprint density at radius 1 is 1.06 bits per heavy atom. The average Bonchev–Trinajstić information content (AvgIpc) is 3.55. The van der Waals surface area contributed by atoms with Gasteiger partial charge < -0.3 is 14.0 Å². The molecule has 35 heavy (non-hydrogen) atoms. The average molecular weight is 467 g/mol. The number of methoxy groups -OCH3 is 1. The summed E-state index contributed by atoms with van der Waals surface area (Å²) in [7, 11) is 1.60. The third kappa shape index (κ3) is 3.93. The zero-order valence-corrected chi connectivity index (χ0v) is 19.2. The van der Waals surface area contributed by atoms with Gasteiger partial charge in [0.25, 0.3) is 0 Å². The number of hydrogen-bond donors (Lipinski definition) is 0. The van der Waals surface area contributed by atoms with Gasteiger partial charge in [-0.05, 0) is 30.7 Å². The Bertz CT molecular complexity index is 1490. The minimum absolute atomic E-state index is 0.350. The van der Waals surface area contributed by atoms with Crippen molar-refractivity contribution in [2.75, 3.05) is 13.7 Å². The van der Waals surface area contributed by atoms with Crippen LogP contribution in [0.4, 0.5) is 0 Å². The Morgan fingerprint density at radius 2 is 2.00 bits per heavy atom. The number of rotatable bonds is 5. The first-order chi connectivity index (χ1) is 17.2. The van der Waals surface area contributed by atoms with E-state index in [1.54, 1.807) is 32.0 Å². The van der Waals surface area contributed by atoms with Crippen LogP contribution in [0.5, 0.6) is 5.88 Å². The van der Waals surface area contributed by atoms with Gasteiger partial charge in [-0.25, -0.2) is 19.6 Å². The largest absolute Gasteiger partial charge is 0.479 e. The second-order valence-electron chi connectivity index (χ2n) is 8.13. The Labute approximate surface area is 201 Å². The van der Waals surface area contributed by atoms with Crippen LogP contribution in [-0.4, -0.2) is 53.0 Å². The van der Waals surface area contributed by atoms with Crippen LogP contribution in [0.2, 0.25) is 0 Å². The van der Waals surface area contributed by atoms with Crippen LogP contribution in [0.1, 0.15) is 23.2 Å². The van der Waals surface area contributed by atoms with E-state index in [1.807, 2.05) is 52.7 Å². The quantitative estimate of drug-likeness (QED) is 0.388. The van der Waals surface area contributed by atoms with Crippen molar-refractivity contribution in [3.05, 3.63) is 84.6 Å². The molecule has 174 valence electrons. The molecule has 6 rings (SSSR count). The molecule has 0 saturated carbocycles. The lowest BCUT2D eigenvalue weighted by Crippen LogP contribution is -2.23. The van der Waals surface area contributed by atoms with E-state index in [4.69, 9.17) is 19.6 Å². The van der Waals surface area contributed by atoms with E-state index in [2.05, 4.69) is 26.0 Å². The Balaban J connectivity index is 1.35. The molecule has 0 unspecified atom stereocenters. The molecule has 1 atom stereocenters. The van der Waals surface area contributed by atoms with Gasteiger partial charge in [-0.3, -0.25) is 9.97 Å². The molecule has 1 aliphatic rings. The van der Waals surface area contributed by atoms with Crippen molar-refractivity contribution in [3.63, 3.8) is 0 Å². The first-order valence-electron chi connectivity index (χ1n) is 11.2. The van der Waals surface area contributed by atoms with E-state index >= 15 is 0 Å². The molecule has 0 aliphatic carbocycles. The predicted molar refractivity (Wildman–Crippen MR) is 127 cm³/mol. The molecular weight excluding hydrogens is 444 g/mol. The van der Waals surface area contributed by atoms with Crippen molar-refractivity contribution in [2.45, 2.75) is 19.6 Å². The molecule has 5 aromatic rings. The smallest absolute Gasteiger partial charge is 0.238 e. The Morgan fingerprint density at radius 3 is 2.80 bits per heavy atom. The highest BCUT2D eigenvalue weighted by Crippen LogP contribution is 2.32. The maximum atomic E-state index is 6.14. The summed E-state index contributed by atoms with van der Waals surface area (Å²) in [5.74, 6) is 1.72. The monoisotopic (exact) mass is 466 g/mol. The highest BCUT2D eigenvalue weighted by atomic mass is 16.5. The van der Waals surface area contributed by atoms with Gasteiger partial charge in [0.2, 0.25) is 5.88 Å². The van der Waals surface area contributed by atoms with Crippen molar-refractivity contribution >= 4 is 0 Å². The normalized spacial score (nSPS) is 15.1. The van der Waals surface area contributed by atoms with Gasteiger partial charge in [0.15, 0.2) is 11.6 Å². The molecule has 10 heteroatoms. The molecule has 1 aliphatic heterocycles. The molecule has 0 amide bonds. The minimum Gasteiger partial charge on any atom is -0.479 e. The number of pyridine rings is 1. The minimum atomic E-state index is -0.350. The van der Waals surface area contributed by atoms with Crippen molar-refractivity contribution < 1.29 is 9.47 Å². The number of ether oxygens (including phenoxy) is 2. The standard InChI is InChI=1S/C25H22N8O2/c1-16-14-32(15-28-16)21-7-6-19(29-25(21)34-2)23-30-24-22(35-11-10-33(24)31-23)18-5-3-4-17(12-18)20-13-26-8-9-27-20/h3-9,12-15,22H,10-11H2,1-2H3/t22-/m1/s1. The molecule has 0 saturated heterocycles. The molecule has 0 radical (unpaired) electrons. The van der Waals surface area contributed by atoms with E-state index in [1.165, 1.54) is 0 Å². The molecule has 0 bridgehead atoms. The fourth-order valence-electron chi connectivity index (χ4n) is 4.16. The van der Waals surface area contributed by atoms with Gasteiger partial charge in [0.05, 0.1) is 44.2 Å².